The van der Waals surface area contributed by atoms with Gasteiger partial charge in [0, 0.05) is 30.5 Å². The van der Waals surface area contributed by atoms with Crippen LogP contribution in [0.1, 0.15) is 19.3 Å². The highest BCUT2D eigenvalue weighted by Gasteiger charge is 2.51. The molecule has 3 unspecified atom stereocenters. The quantitative estimate of drug-likeness (QED) is 0.317. The molecule has 0 aromatic heterocycles. The summed E-state index contributed by atoms with van der Waals surface area (Å²) in [4.78, 5) is 16.6. The summed E-state index contributed by atoms with van der Waals surface area (Å²) in [6, 6.07) is 0. The van der Waals surface area contributed by atoms with Crippen LogP contribution in [-0.2, 0) is 4.79 Å². The predicted molar refractivity (Wildman–Crippen MR) is 66.2 cm³/mol. The molecule has 2 rings (SSSR count). The van der Waals surface area contributed by atoms with E-state index in [4.69, 9.17) is 5.53 Å². The van der Waals surface area contributed by atoms with Crippen molar-refractivity contribution in [3.8, 4) is 0 Å². The maximum Gasteiger partial charge on any atom is 0.324 e. The molecule has 0 saturated carbocycles. The van der Waals surface area contributed by atoms with Crippen molar-refractivity contribution in [2.45, 2.75) is 24.8 Å². The highest BCUT2D eigenvalue weighted by Crippen LogP contribution is 2.35. The third-order valence-electron chi connectivity index (χ3n) is 4.11. The molecule has 2 aliphatic rings. The number of carboxylic acid groups (broad SMARTS) is 1. The fourth-order valence-corrected chi connectivity index (χ4v) is 3.07. The summed E-state index contributed by atoms with van der Waals surface area (Å²) in [5.41, 5.74) is 7.40. The van der Waals surface area contributed by atoms with Crippen LogP contribution < -0.4 is 5.32 Å². The molecule has 0 aliphatic carbocycles. The maximum atomic E-state index is 11.6. The first-order chi connectivity index (χ1) is 8.69. The number of hydrogen-bond acceptors (Lipinski definition) is 4. The number of fused-ring (bicyclic) bond motifs is 2. The molecule has 0 aromatic carbocycles. The molecular formula is C11H19N5O2. The number of piperidine rings is 1. The zero-order valence-corrected chi connectivity index (χ0v) is 10.4. The monoisotopic (exact) mass is 253 g/mol. The number of carboxylic acids is 1. The van der Waals surface area contributed by atoms with Crippen molar-refractivity contribution in [3.63, 3.8) is 0 Å². The standard InChI is InChI=1S/C11H19N5O2/c12-15-14-5-1-4-13-11(10(17)18)3-7-16-6-2-9(11)8-16/h9,13H,1-8H2,(H,17,18). The minimum atomic E-state index is -0.774. The lowest BCUT2D eigenvalue weighted by molar-refractivity contribution is -0.149. The molecule has 0 radical (unpaired) electrons. The van der Waals surface area contributed by atoms with Crippen molar-refractivity contribution in [2.75, 3.05) is 32.7 Å². The Kier molecular flexibility index (Phi) is 4.06. The van der Waals surface area contributed by atoms with E-state index >= 15 is 0 Å². The first-order valence-electron chi connectivity index (χ1n) is 6.40. The lowest BCUT2D eigenvalue weighted by Gasteiger charge is -2.40. The Balaban J connectivity index is 1.94. The Bertz CT molecular complexity index is 368. The molecule has 7 heteroatoms. The number of rotatable bonds is 6. The van der Waals surface area contributed by atoms with Crippen LogP contribution in [0, 0.1) is 5.92 Å². The second kappa shape index (κ2) is 5.56. The van der Waals surface area contributed by atoms with E-state index in [1.807, 2.05) is 0 Å². The molecule has 2 heterocycles. The molecule has 18 heavy (non-hydrogen) atoms. The normalized spacial score (nSPS) is 34.0. The Labute approximate surface area is 106 Å². The van der Waals surface area contributed by atoms with Crippen molar-refractivity contribution in [1.82, 2.24) is 10.2 Å². The highest BCUT2D eigenvalue weighted by molar-refractivity contribution is 5.79. The van der Waals surface area contributed by atoms with Crippen LogP contribution in [0.25, 0.3) is 10.4 Å². The van der Waals surface area contributed by atoms with E-state index in [1.165, 1.54) is 0 Å². The van der Waals surface area contributed by atoms with Gasteiger partial charge in [-0.25, -0.2) is 0 Å². The highest BCUT2D eigenvalue weighted by atomic mass is 16.4. The Morgan fingerprint density at radius 1 is 1.61 bits per heavy atom. The summed E-state index contributed by atoms with van der Waals surface area (Å²) in [5, 5.41) is 16.2. The number of carbonyl (C=O) groups is 1. The number of nitrogens with one attached hydrogen (secondary N) is 1. The SMILES string of the molecule is [N-]=[N+]=NCCCNC1(C(=O)O)CCN2CCC1C2. The zero-order chi connectivity index (χ0) is 13.0. The van der Waals surface area contributed by atoms with Crippen molar-refractivity contribution in [2.24, 2.45) is 11.0 Å². The summed E-state index contributed by atoms with van der Waals surface area (Å²) in [6.45, 7) is 3.75. The average molecular weight is 253 g/mol. The molecule has 2 N–H and O–H groups in total. The second-order valence-electron chi connectivity index (χ2n) is 5.05. The van der Waals surface area contributed by atoms with E-state index in [-0.39, 0.29) is 5.92 Å². The van der Waals surface area contributed by atoms with Crippen LogP contribution in [-0.4, -0.2) is 54.2 Å². The third kappa shape index (κ3) is 2.43. The van der Waals surface area contributed by atoms with E-state index in [9.17, 15) is 9.90 Å². The van der Waals surface area contributed by atoms with E-state index in [0.717, 1.165) is 26.1 Å². The van der Waals surface area contributed by atoms with Gasteiger partial charge in [0.05, 0.1) is 0 Å². The van der Waals surface area contributed by atoms with Crippen LogP contribution in [0.15, 0.2) is 5.11 Å². The summed E-state index contributed by atoms with van der Waals surface area (Å²) in [7, 11) is 0. The first kappa shape index (κ1) is 13.1. The molecule has 7 nitrogen and oxygen atoms in total. The van der Waals surface area contributed by atoms with Gasteiger partial charge in [-0.3, -0.25) is 4.79 Å². The van der Waals surface area contributed by atoms with Gasteiger partial charge >= 0.3 is 5.97 Å². The minimum Gasteiger partial charge on any atom is -0.480 e. The van der Waals surface area contributed by atoms with Crippen molar-refractivity contribution in [3.05, 3.63) is 10.4 Å². The molecule has 2 aliphatic heterocycles. The molecule has 0 amide bonds. The van der Waals surface area contributed by atoms with Crippen molar-refractivity contribution in [1.29, 1.82) is 0 Å². The largest absolute Gasteiger partial charge is 0.480 e. The molecular weight excluding hydrogens is 234 g/mol. The van der Waals surface area contributed by atoms with Gasteiger partial charge in [0.2, 0.25) is 0 Å². The van der Waals surface area contributed by atoms with Gasteiger partial charge < -0.3 is 15.3 Å². The van der Waals surface area contributed by atoms with Gasteiger partial charge in [-0.1, -0.05) is 5.11 Å². The van der Waals surface area contributed by atoms with Crippen LogP contribution >= 0.6 is 0 Å². The van der Waals surface area contributed by atoms with E-state index < -0.39 is 11.5 Å². The lowest BCUT2D eigenvalue weighted by atomic mass is 9.78. The van der Waals surface area contributed by atoms with Gasteiger partial charge in [-0.15, -0.1) is 0 Å². The van der Waals surface area contributed by atoms with Gasteiger partial charge in [-0.05, 0) is 37.9 Å². The van der Waals surface area contributed by atoms with E-state index in [2.05, 4.69) is 20.2 Å². The van der Waals surface area contributed by atoms with Gasteiger partial charge in [0.25, 0.3) is 0 Å². The van der Waals surface area contributed by atoms with Crippen LogP contribution in [0.2, 0.25) is 0 Å². The van der Waals surface area contributed by atoms with Crippen molar-refractivity contribution < 1.29 is 9.90 Å². The number of azide groups is 1. The minimum absolute atomic E-state index is 0.197. The number of nitrogens with zero attached hydrogens (tertiary/aromatic N) is 4. The molecule has 0 aromatic rings. The number of hydrogen-bond donors (Lipinski definition) is 2. The fraction of sp³-hybridized carbons (Fsp3) is 0.909. The maximum absolute atomic E-state index is 11.6. The fourth-order valence-electron chi connectivity index (χ4n) is 3.07. The van der Waals surface area contributed by atoms with Gasteiger partial charge in [-0.2, -0.15) is 0 Å². The average Bonchev–Trinajstić information content (AvgIpc) is 2.76. The number of aliphatic carboxylic acids is 1. The van der Waals surface area contributed by atoms with Crippen LogP contribution in [0.4, 0.5) is 0 Å². The molecule has 2 saturated heterocycles. The summed E-state index contributed by atoms with van der Waals surface area (Å²) < 4.78 is 0. The van der Waals surface area contributed by atoms with E-state index in [0.29, 0.717) is 25.9 Å². The topological polar surface area (TPSA) is 101 Å². The van der Waals surface area contributed by atoms with Crippen LogP contribution in [0.5, 0.6) is 0 Å². The Hall–Kier alpha value is -1.30. The molecule has 2 fully saturated rings. The van der Waals surface area contributed by atoms with Crippen molar-refractivity contribution >= 4 is 5.97 Å². The van der Waals surface area contributed by atoms with E-state index in [1.54, 1.807) is 0 Å². The van der Waals surface area contributed by atoms with Gasteiger partial charge in [0.15, 0.2) is 0 Å². The smallest absolute Gasteiger partial charge is 0.324 e. The summed E-state index contributed by atoms with van der Waals surface area (Å²) in [6.07, 6.45) is 2.29. The van der Waals surface area contributed by atoms with Gasteiger partial charge in [0.1, 0.15) is 5.54 Å². The molecule has 100 valence electrons. The van der Waals surface area contributed by atoms with Crippen LogP contribution in [0.3, 0.4) is 0 Å². The molecule has 3 atom stereocenters. The first-order valence-corrected chi connectivity index (χ1v) is 6.40. The Morgan fingerprint density at radius 2 is 2.44 bits per heavy atom. The predicted octanol–water partition coefficient (Wildman–Crippen LogP) is 0.825. The Morgan fingerprint density at radius 3 is 3.17 bits per heavy atom. The third-order valence-corrected chi connectivity index (χ3v) is 4.11. The second-order valence-corrected chi connectivity index (χ2v) is 5.05. The summed E-state index contributed by atoms with van der Waals surface area (Å²) in [5.74, 6) is -0.541. The summed E-state index contributed by atoms with van der Waals surface area (Å²) >= 11 is 0. The lowest BCUT2D eigenvalue weighted by Crippen LogP contribution is -2.61. The zero-order valence-electron chi connectivity index (χ0n) is 10.4. The molecule has 2 bridgehead atoms. The molecule has 0 spiro atoms.